The molecule has 0 saturated heterocycles. The number of benzene rings is 1. The lowest BCUT2D eigenvalue weighted by molar-refractivity contribution is 0.0167. The van der Waals surface area contributed by atoms with Crippen LogP contribution in [0.25, 0.3) is 0 Å². The van der Waals surface area contributed by atoms with Crippen molar-refractivity contribution < 1.29 is 13.5 Å². The summed E-state index contributed by atoms with van der Waals surface area (Å²) >= 11 is 15.1. The second-order valence-electron chi connectivity index (χ2n) is 3.40. The molecule has 0 fully saturated rings. The van der Waals surface area contributed by atoms with Gasteiger partial charge in [0, 0.05) is 11.4 Å². The minimum Gasteiger partial charge on any atom is -0.375 e. The zero-order valence-electron chi connectivity index (χ0n) is 8.81. The molecule has 0 heterocycles. The molecule has 6 heteroatoms. The molecule has 96 valence electrons. The fourth-order valence-corrected chi connectivity index (χ4v) is 2.01. The molecule has 0 spiro atoms. The Kier molecular flexibility index (Phi) is 6.70. The Bertz CT molecular complexity index is 363. The fraction of sp³-hybridized carbons (Fsp3) is 0.455. The van der Waals surface area contributed by atoms with Gasteiger partial charge in [0.05, 0.1) is 10.0 Å². The van der Waals surface area contributed by atoms with Gasteiger partial charge in [0.1, 0.15) is 6.61 Å². The Morgan fingerprint density at radius 3 is 2.53 bits per heavy atom. The zero-order chi connectivity index (χ0) is 12.8. The van der Waals surface area contributed by atoms with Crippen molar-refractivity contribution in [1.29, 1.82) is 0 Å². The molecule has 0 aromatic heterocycles. The standard InChI is InChI=1S/C11H11BrCl2F2O/c12-8(3-4-17-6-11(15)16)7-1-2-9(13)10(14)5-7/h1-2,5,8,11H,3-4,6H2. The summed E-state index contributed by atoms with van der Waals surface area (Å²) in [5, 5.41) is 0.964. The number of hydrogen-bond donors (Lipinski definition) is 0. The molecule has 1 aromatic carbocycles. The lowest BCUT2D eigenvalue weighted by Crippen LogP contribution is -2.06. The maximum absolute atomic E-state index is 11.8. The summed E-state index contributed by atoms with van der Waals surface area (Å²) in [6.07, 6.45) is -1.83. The van der Waals surface area contributed by atoms with Crippen LogP contribution in [0.1, 0.15) is 16.8 Å². The zero-order valence-corrected chi connectivity index (χ0v) is 11.9. The van der Waals surface area contributed by atoms with Crippen molar-refractivity contribution in [3.8, 4) is 0 Å². The summed E-state index contributed by atoms with van der Waals surface area (Å²) in [4.78, 5) is 0.00920. The Balaban J connectivity index is 2.41. The van der Waals surface area contributed by atoms with Crippen LogP contribution in [0.3, 0.4) is 0 Å². The third-order valence-corrected chi connectivity index (χ3v) is 3.79. The van der Waals surface area contributed by atoms with Gasteiger partial charge < -0.3 is 4.74 Å². The Hall–Kier alpha value is 0.1000. The third-order valence-electron chi connectivity index (χ3n) is 2.06. The first-order valence-corrected chi connectivity index (χ1v) is 6.62. The minimum absolute atomic E-state index is 0.00920. The van der Waals surface area contributed by atoms with Crippen molar-refractivity contribution in [2.45, 2.75) is 17.7 Å². The largest absolute Gasteiger partial charge is 0.375 e. The molecular weight excluding hydrogens is 337 g/mol. The Morgan fingerprint density at radius 1 is 1.24 bits per heavy atom. The smallest absolute Gasteiger partial charge is 0.261 e. The highest BCUT2D eigenvalue weighted by Gasteiger charge is 2.10. The lowest BCUT2D eigenvalue weighted by Gasteiger charge is -2.11. The van der Waals surface area contributed by atoms with E-state index in [1.807, 2.05) is 6.07 Å². The monoisotopic (exact) mass is 346 g/mol. The van der Waals surface area contributed by atoms with Crippen LogP contribution in [0.4, 0.5) is 8.78 Å². The lowest BCUT2D eigenvalue weighted by atomic mass is 10.1. The SMILES string of the molecule is FC(F)COCCC(Br)c1ccc(Cl)c(Cl)c1. The van der Waals surface area contributed by atoms with E-state index in [4.69, 9.17) is 27.9 Å². The molecule has 0 aliphatic carbocycles. The molecule has 1 unspecified atom stereocenters. The average molecular weight is 348 g/mol. The summed E-state index contributed by atoms with van der Waals surface area (Å²) in [5.74, 6) is 0. The van der Waals surface area contributed by atoms with Crippen molar-refractivity contribution in [2.75, 3.05) is 13.2 Å². The van der Waals surface area contributed by atoms with E-state index in [1.54, 1.807) is 12.1 Å². The van der Waals surface area contributed by atoms with E-state index in [1.165, 1.54) is 0 Å². The van der Waals surface area contributed by atoms with Crippen molar-refractivity contribution in [2.24, 2.45) is 0 Å². The fourth-order valence-electron chi connectivity index (χ4n) is 1.23. The van der Waals surface area contributed by atoms with Crippen LogP contribution in [0, 0.1) is 0 Å². The van der Waals surface area contributed by atoms with Crippen molar-refractivity contribution in [3.05, 3.63) is 33.8 Å². The van der Waals surface area contributed by atoms with Gasteiger partial charge in [-0.2, -0.15) is 0 Å². The summed E-state index contributed by atoms with van der Waals surface area (Å²) in [5.41, 5.74) is 0.944. The molecule has 0 radical (unpaired) electrons. The van der Waals surface area contributed by atoms with Crippen molar-refractivity contribution in [1.82, 2.24) is 0 Å². The van der Waals surface area contributed by atoms with Gasteiger partial charge in [0.25, 0.3) is 6.43 Å². The van der Waals surface area contributed by atoms with Crippen molar-refractivity contribution in [3.63, 3.8) is 0 Å². The molecule has 0 N–H and O–H groups in total. The van der Waals surface area contributed by atoms with Gasteiger partial charge in [-0.1, -0.05) is 45.2 Å². The summed E-state index contributed by atoms with van der Waals surface area (Å²) in [6, 6.07) is 5.28. The number of rotatable bonds is 6. The van der Waals surface area contributed by atoms with E-state index in [0.717, 1.165) is 5.56 Å². The van der Waals surface area contributed by atoms with Crippen LogP contribution < -0.4 is 0 Å². The van der Waals surface area contributed by atoms with Crippen molar-refractivity contribution >= 4 is 39.1 Å². The second kappa shape index (κ2) is 7.52. The molecule has 0 bridgehead atoms. The van der Waals surface area contributed by atoms with E-state index < -0.39 is 13.0 Å². The van der Waals surface area contributed by atoms with Crippen LogP contribution >= 0.6 is 39.1 Å². The molecular formula is C11H11BrCl2F2O. The van der Waals surface area contributed by atoms with Crippen LogP contribution in [0.5, 0.6) is 0 Å². The van der Waals surface area contributed by atoms with Gasteiger partial charge in [-0.3, -0.25) is 0 Å². The molecule has 1 aromatic rings. The first kappa shape index (κ1) is 15.2. The quantitative estimate of drug-likeness (QED) is 0.513. The van der Waals surface area contributed by atoms with Gasteiger partial charge >= 0.3 is 0 Å². The topological polar surface area (TPSA) is 9.23 Å². The second-order valence-corrected chi connectivity index (χ2v) is 5.32. The molecule has 0 saturated carbocycles. The normalized spacial score (nSPS) is 13.1. The van der Waals surface area contributed by atoms with E-state index in [-0.39, 0.29) is 11.4 Å². The predicted molar refractivity (Wildman–Crippen MR) is 69.6 cm³/mol. The molecule has 17 heavy (non-hydrogen) atoms. The molecule has 1 atom stereocenters. The van der Waals surface area contributed by atoms with Crippen LogP contribution in [0.15, 0.2) is 18.2 Å². The highest BCUT2D eigenvalue weighted by Crippen LogP contribution is 2.31. The molecule has 0 aliphatic heterocycles. The number of halogens is 5. The molecule has 0 amide bonds. The number of alkyl halides is 3. The highest BCUT2D eigenvalue weighted by molar-refractivity contribution is 9.09. The minimum atomic E-state index is -2.42. The highest BCUT2D eigenvalue weighted by atomic mass is 79.9. The first-order valence-electron chi connectivity index (χ1n) is 4.95. The predicted octanol–water partition coefficient (Wildman–Crippen LogP) is 5.10. The number of ether oxygens (including phenoxy) is 1. The van der Waals surface area contributed by atoms with E-state index in [9.17, 15) is 8.78 Å². The van der Waals surface area contributed by atoms with Gasteiger partial charge in [-0.05, 0) is 24.1 Å². The van der Waals surface area contributed by atoms with Gasteiger partial charge in [-0.15, -0.1) is 0 Å². The van der Waals surface area contributed by atoms with Gasteiger partial charge in [0.15, 0.2) is 0 Å². The summed E-state index contributed by atoms with van der Waals surface area (Å²) in [7, 11) is 0. The Morgan fingerprint density at radius 2 is 1.94 bits per heavy atom. The molecule has 0 aliphatic rings. The maximum atomic E-state index is 11.8. The average Bonchev–Trinajstić information content (AvgIpc) is 2.27. The van der Waals surface area contributed by atoms with E-state index in [0.29, 0.717) is 16.5 Å². The summed E-state index contributed by atoms with van der Waals surface area (Å²) < 4.78 is 28.4. The van der Waals surface area contributed by atoms with Gasteiger partial charge in [0.2, 0.25) is 0 Å². The van der Waals surface area contributed by atoms with E-state index in [2.05, 4.69) is 15.9 Å². The van der Waals surface area contributed by atoms with Crippen LogP contribution in [-0.2, 0) is 4.74 Å². The first-order chi connectivity index (χ1) is 8.00. The van der Waals surface area contributed by atoms with Gasteiger partial charge in [-0.25, -0.2) is 8.78 Å². The Labute approximate surface area is 117 Å². The molecule has 1 nitrogen and oxygen atoms in total. The van der Waals surface area contributed by atoms with E-state index >= 15 is 0 Å². The maximum Gasteiger partial charge on any atom is 0.261 e. The number of hydrogen-bond acceptors (Lipinski definition) is 1. The summed E-state index contributed by atoms with van der Waals surface area (Å²) in [6.45, 7) is -0.262. The molecule has 1 rings (SSSR count). The van der Waals surface area contributed by atoms with Crippen LogP contribution in [-0.4, -0.2) is 19.6 Å². The van der Waals surface area contributed by atoms with Crippen LogP contribution in [0.2, 0.25) is 10.0 Å². The third kappa shape index (κ3) is 5.51.